The van der Waals surface area contributed by atoms with Crippen LogP contribution in [0, 0.1) is 0 Å². The van der Waals surface area contributed by atoms with Gasteiger partial charge in [-0.05, 0) is 16.6 Å². The molecule has 0 aliphatic carbocycles. The molecule has 0 bridgehead atoms. The number of nitrogens with one attached hydrogen (secondary N) is 1. The zero-order chi connectivity index (χ0) is 25.6. The largest absolute Gasteiger partial charge is 0.413 e. The van der Waals surface area contributed by atoms with Gasteiger partial charge in [0.05, 0.1) is 19.3 Å². The SMILES string of the molecule is CC(C)[Si](OCC(C=O)OC(C=O)n1cnc2c(=O)[nH]c(N=CN(C)C)nc21)(C(C)C)C(C)C. The third-order valence-electron chi connectivity index (χ3n) is 5.89. The summed E-state index contributed by atoms with van der Waals surface area (Å²) in [6, 6.07) is 0. The maximum atomic E-state index is 12.4. The van der Waals surface area contributed by atoms with E-state index < -0.39 is 26.2 Å². The molecule has 11 nitrogen and oxygen atoms in total. The number of aromatic nitrogens is 4. The van der Waals surface area contributed by atoms with Crippen molar-refractivity contribution in [2.75, 3.05) is 20.7 Å². The number of fused-ring (bicyclic) bond motifs is 1. The summed E-state index contributed by atoms with van der Waals surface area (Å²) in [5.41, 5.74) is 0.636. The zero-order valence-corrected chi connectivity index (χ0v) is 22.2. The number of hydrogen-bond donors (Lipinski definition) is 1. The van der Waals surface area contributed by atoms with E-state index in [4.69, 9.17) is 9.16 Å². The number of aldehydes is 2. The maximum Gasteiger partial charge on any atom is 0.280 e. The summed E-state index contributed by atoms with van der Waals surface area (Å²) in [6.45, 7) is 12.9. The molecule has 0 fully saturated rings. The van der Waals surface area contributed by atoms with Crippen LogP contribution in [-0.2, 0) is 18.8 Å². The van der Waals surface area contributed by atoms with Gasteiger partial charge in [0, 0.05) is 14.1 Å². The normalized spacial score (nSPS) is 14.4. The van der Waals surface area contributed by atoms with Crippen LogP contribution < -0.4 is 5.56 Å². The zero-order valence-electron chi connectivity index (χ0n) is 21.2. The highest BCUT2D eigenvalue weighted by Crippen LogP contribution is 2.42. The predicted octanol–water partition coefficient (Wildman–Crippen LogP) is 2.81. The lowest BCUT2D eigenvalue weighted by Crippen LogP contribution is -2.49. The van der Waals surface area contributed by atoms with Crippen molar-refractivity contribution in [3.05, 3.63) is 16.7 Å². The van der Waals surface area contributed by atoms with Crippen LogP contribution in [0.25, 0.3) is 11.2 Å². The van der Waals surface area contributed by atoms with Gasteiger partial charge in [-0.1, -0.05) is 41.5 Å². The van der Waals surface area contributed by atoms with Gasteiger partial charge >= 0.3 is 0 Å². The van der Waals surface area contributed by atoms with Crippen molar-refractivity contribution in [1.82, 2.24) is 24.4 Å². The topological polar surface area (TPSA) is 132 Å². The molecule has 34 heavy (non-hydrogen) atoms. The van der Waals surface area contributed by atoms with E-state index in [0.29, 0.717) is 29.2 Å². The standard InChI is InChI=1S/C22H36N6O5Si/c1-14(2)34(15(3)4,16(5)6)32-11-17(9-29)33-18(10-30)28-13-23-19-20(28)25-22(26-21(19)31)24-12-27(7)8/h9-10,12-18H,11H2,1-8H3,(H,25,26,31). The molecule has 2 heterocycles. The van der Waals surface area contributed by atoms with E-state index in [1.54, 1.807) is 19.0 Å². The molecule has 0 aliphatic rings. The van der Waals surface area contributed by atoms with Crippen molar-refractivity contribution in [3.63, 3.8) is 0 Å². The number of aliphatic imine (C=N–C) groups is 1. The first-order valence-electron chi connectivity index (χ1n) is 11.3. The van der Waals surface area contributed by atoms with Crippen LogP contribution in [0.4, 0.5) is 5.95 Å². The number of H-pyrrole nitrogens is 1. The van der Waals surface area contributed by atoms with E-state index in [1.165, 1.54) is 17.2 Å². The minimum Gasteiger partial charge on any atom is -0.413 e. The summed E-state index contributed by atoms with van der Waals surface area (Å²) >= 11 is 0. The highest BCUT2D eigenvalue weighted by molar-refractivity contribution is 6.77. The number of ether oxygens (including phenoxy) is 1. The highest BCUT2D eigenvalue weighted by Gasteiger charge is 2.45. The fraction of sp³-hybridized carbons (Fsp3) is 0.636. The van der Waals surface area contributed by atoms with Gasteiger partial charge in [-0.2, -0.15) is 4.98 Å². The molecule has 0 spiro atoms. The molecule has 1 N–H and O–H groups in total. The molecule has 2 atom stereocenters. The second kappa shape index (κ2) is 11.6. The Bertz CT molecular complexity index is 1040. The number of imidazole rings is 1. The van der Waals surface area contributed by atoms with Crippen LogP contribution in [0.2, 0.25) is 16.6 Å². The van der Waals surface area contributed by atoms with Crippen LogP contribution in [0.5, 0.6) is 0 Å². The molecule has 2 rings (SSSR count). The van der Waals surface area contributed by atoms with Crippen molar-refractivity contribution in [1.29, 1.82) is 0 Å². The smallest absolute Gasteiger partial charge is 0.280 e. The minimum atomic E-state index is -2.24. The number of aromatic amines is 1. The third kappa shape index (κ3) is 5.86. The fourth-order valence-corrected chi connectivity index (χ4v) is 9.96. The van der Waals surface area contributed by atoms with E-state index in [9.17, 15) is 14.4 Å². The lowest BCUT2D eigenvalue weighted by Gasteiger charge is -2.42. The summed E-state index contributed by atoms with van der Waals surface area (Å²) in [7, 11) is 1.32. The number of hydrogen-bond acceptors (Lipinski definition) is 8. The van der Waals surface area contributed by atoms with E-state index >= 15 is 0 Å². The first kappa shape index (κ1) is 27.5. The van der Waals surface area contributed by atoms with Crippen LogP contribution in [0.15, 0.2) is 16.1 Å². The highest BCUT2D eigenvalue weighted by atomic mass is 28.4. The molecular weight excluding hydrogens is 456 g/mol. The Morgan fingerprint density at radius 3 is 2.24 bits per heavy atom. The molecular formula is C22H36N6O5Si. The molecule has 0 saturated heterocycles. The van der Waals surface area contributed by atoms with E-state index in [1.807, 2.05) is 0 Å². The Morgan fingerprint density at radius 2 is 1.74 bits per heavy atom. The van der Waals surface area contributed by atoms with Crippen molar-refractivity contribution in [2.24, 2.45) is 4.99 Å². The number of carbonyl (C=O) groups is 2. The number of nitrogens with zero attached hydrogens (tertiary/aromatic N) is 5. The van der Waals surface area contributed by atoms with Crippen molar-refractivity contribution < 1.29 is 18.8 Å². The molecule has 2 aromatic rings. The second-order valence-corrected chi connectivity index (χ2v) is 14.8. The summed E-state index contributed by atoms with van der Waals surface area (Å²) in [5.74, 6) is 0.0504. The second-order valence-electron chi connectivity index (χ2n) is 9.39. The van der Waals surface area contributed by atoms with Crippen molar-refractivity contribution in [3.8, 4) is 0 Å². The Labute approximate surface area is 200 Å². The lowest BCUT2D eigenvalue weighted by molar-refractivity contribution is -0.139. The van der Waals surface area contributed by atoms with E-state index in [0.717, 1.165) is 0 Å². The Hall–Kier alpha value is -2.70. The van der Waals surface area contributed by atoms with Crippen molar-refractivity contribution >= 4 is 44.3 Å². The summed E-state index contributed by atoms with van der Waals surface area (Å²) < 4.78 is 13.6. The van der Waals surface area contributed by atoms with Gasteiger partial charge in [-0.15, -0.1) is 0 Å². The van der Waals surface area contributed by atoms with Crippen LogP contribution >= 0.6 is 0 Å². The van der Waals surface area contributed by atoms with Crippen LogP contribution in [-0.4, -0.2) is 78.5 Å². The maximum absolute atomic E-state index is 12.4. The molecule has 0 radical (unpaired) electrons. The first-order valence-corrected chi connectivity index (χ1v) is 13.5. The van der Waals surface area contributed by atoms with Crippen molar-refractivity contribution in [2.45, 2.75) is 70.5 Å². The molecule has 2 unspecified atom stereocenters. The number of rotatable bonds is 13. The first-order chi connectivity index (χ1) is 16.0. The van der Waals surface area contributed by atoms with Gasteiger partial charge in [-0.25, -0.2) is 9.98 Å². The monoisotopic (exact) mass is 492 g/mol. The molecule has 188 valence electrons. The lowest BCUT2D eigenvalue weighted by atomic mass is 10.4. The van der Waals surface area contributed by atoms with Crippen LogP contribution in [0.3, 0.4) is 0 Å². The third-order valence-corrected chi connectivity index (χ3v) is 12.0. The summed E-state index contributed by atoms with van der Waals surface area (Å²) in [5, 5.41) is 0. The summed E-state index contributed by atoms with van der Waals surface area (Å²) in [6.07, 6.45) is 1.71. The molecule has 0 saturated carbocycles. The fourth-order valence-electron chi connectivity index (χ4n) is 4.51. The van der Waals surface area contributed by atoms with Gasteiger partial charge in [0.2, 0.25) is 5.95 Å². The van der Waals surface area contributed by atoms with E-state index in [2.05, 4.69) is 61.5 Å². The molecule has 2 aromatic heterocycles. The quantitative estimate of drug-likeness (QED) is 0.195. The van der Waals surface area contributed by atoms with Gasteiger partial charge in [0.25, 0.3) is 5.56 Å². The summed E-state index contributed by atoms with van der Waals surface area (Å²) in [4.78, 5) is 52.8. The van der Waals surface area contributed by atoms with Gasteiger partial charge in [-0.3, -0.25) is 19.1 Å². The molecule has 0 aromatic carbocycles. The minimum absolute atomic E-state index is 0.0315. The Kier molecular flexibility index (Phi) is 9.42. The molecule has 0 aliphatic heterocycles. The van der Waals surface area contributed by atoms with Gasteiger partial charge < -0.3 is 18.9 Å². The Morgan fingerprint density at radius 1 is 1.12 bits per heavy atom. The Balaban J connectivity index is 2.33. The average molecular weight is 493 g/mol. The average Bonchev–Trinajstić information content (AvgIpc) is 3.18. The van der Waals surface area contributed by atoms with E-state index in [-0.39, 0.29) is 23.7 Å². The van der Waals surface area contributed by atoms with Gasteiger partial charge in [0.15, 0.2) is 38.3 Å². The van der Waals surface area contributed by atoms with Crippen LogP contribution in [0.1, 0.15) is 47.8 Å². The van der Waals surface area contributed by atoms with Gasteiger partial charge in [0.1, 0.15) is 6.10 Å². The molecule has 0 amide bonds. The molecule has 12 heteroatoms. The predicted molar refractivity (Wildman–Crippen MR) is 133 cm³/mol. The number of carbonyl (C=O) groups excluding carboxylic acids is 2.